The van der Waals surface area contributed by atoms with E-state index in [2.05, 4.69) is 10.3 Å². The molecule has 0 N–H and O–H groups in total. The number of aromatic nitrogens is 3. The highest BCUT2D eigenvalue weighted by molar-refractivity contribution is 5.88. The van der Waals surface area contributed by atoms with E-state index in [0.29, 0.717) is 18.8 Å². The van der Waals surface area contributed by atoms with Crippen LogP contribution in [0.4, 0.5) is 0 Å². The molecule has 0 aliphatic heterocycles. The van der Waals surface area contributed by atoms with Crippen molar-refractivity contribution in [2.75, 3.05) is 13.7 Å². The highest BCUT2D eigenvalue weighted by Gasteiger charge is 2.19. The SMILES string of the molecule is CCCc1c(C(=O)OC)nnn1CCOC(C)C. The van der Waals surface area contributed by atoms with Gasteiger partial charge in [-0.05, 0) is 20.3 Å². The number of carbonyl (C=O) groups is 1. The van der Waals surface area contributed by atoms with Crippen LogP contribution in [0.1, 0.15) is 43.4 Å². The Balaban J connectivity index is 2.77. The first kappa shape index (κ1) is 14.6. The van der Waals surface area contributed by atoms with Gasteiger partial charge in [-0.3, -0.25) is 0 Å². The fourth-order valence-corrected chi connectivity index (χ4v) is 1.63. The minimum absolute atomic E-state index is 0.184. The van der Waals surface area contributed by atoms with Crippen LogP contribution < -0.4 is 0 Å². The summed E-state index contributed by atoms with van der Waals surface area (Å²) in [6.07, 6.45) is 1.85. The summed E-state index contributed by atoms with van der Waals surface area (Å²) in [5, 5.41) is 7.87. The second-order valence-electron chi connectivity index (χ2n) is 4.27. The Morgan fingerprint density at radius 3 is 2.72 bits per heavy atom. The standard InChI is InChI=1S/C12H21N3O3/c1-5-6-10-11(12(16)17-4)13-14-15(10)7-8-18-9(2)3/h9H,5-8H2,1-4H3. The van der Waals surface area contributed by atoms with E-state index in [-0.39, 0.29) is 6.10 Å². The number of nitrogens with zero attached hydrogens (tertiary/aromatic N) is 3. The molecule has 0 aromatic carbocycles. The maximum Gasteiger partial charge on any atom is 0.360 e. The van der Waals surface area contributed by atoms with Gasteiger partial charge in [-0.25, -0.2) is 9.48 Å². The van der Waals surface area contributed by atoms with E-state index < -0.39 is 5.97 Å². The Labute approximate surface area is 107 Å². The van der Waals surface area contributed by atoms with Crippen LogP contribution >= 0.6 is 0 Å². The molecular weight excluding hydrogens is 234 g/mol. The van der Waals surface area contributed by atoms with Crippen molar-refractivity contribution < 1.29 is 14.3 Å². The van der Waals surface area contributed by atoms with E-state index >= 15 is 0 Å². The molecular formula is C12H21N3O3. The lowest BCUT2D eigenvalue weighted by molar-refractivity contribution is 0.0591. The molecule has 6 heteroatoms. The van der Waals surface area contributed by atoms with Crippen molar-refractivity contribution in [1.29, 1.82) is 0 Å². The molecule has 1 rings (SSSR count). The van der Waals surface area contributed by atoms with Gasteiger partial charge in [-0.2, -0.15) is 0 Å². The third-order valence-corrected chi connectivity index (χ3v) is 2.46. The van der Waals surface area contributed by atoms with Crippen LogP contribution in [0.2, 0.25) is 0 Å². The van der Waals surface area contributed by atoms with Crippen molar-refractivity contribution in [2.24, 2.45) is 0 Å². The lowest BCUT2D eigenvalue weighted by atomic mass is 10.2. The molecule has 0 saturated carbocycles. The van der Waals surface area contributed by atoms with Gasteiger partial charge in [0.25, 0.3) is 0 Å². The minimum Gasteiger partial charge on any atom is -0.464 e. The normalized spacial score (nSPS) is 10.9. The average Bonchev–Trinajstić information content (AvgIpc) is 2.72. The molecule has 1 heterocycles. The fraction of sp³-hybridized carbons (Fsp3) is 0.750. The summed E-state index contributed by atoms with van der Waals surface area (Å²) in [4.78, 5) is 11.5. The first-order chi connectivity index (χ1) is 8.60. The molecule has 18 heavy (non-hydrogen) atoms. The molecule has 1 aromatic rings. The first-order valence-electron chi connectivity index (χ1n) is 6.22. The molecule has 1 aromatic heterocycles. The van der Waals surface area contributed by atoms with E-state index in [9.17, 15) is 4.79 Å². The van der Waals surface area contributed by atoms with Crippen molar-refractivity contribution in [3.63, 3.8) is 0 Å². The van der Waals surface area contributed by atoms with Gasteiger partial charge in [0, 0.05) is 0 Å². The lowest BCUT2D eigenvalue weighted by Crippen LogP contribution is -2.15. The van der Waals surface area contributed by atoms with Crippen LogP contribution in [-0.4, -0.2) is 40.8 Å². The van der Waals surface area contributed by atoms with Crippen molar-refractivity contribution >= 4 is 5.97 Å². The van der Waals surface area contributed by atoms with Gasteiger partial charge in [0.05, 0.1) is 32.1 Å². The molecule has 0 aliphatic carbocycles. The Morgan fingerprint density at radius 2 is 2.17 bits per heavy atom. The van der Waals surface area contributed by atoms with Gasteiger partial charge >= 0.3 is 5.97 Å². The minimum atomic E-state index is -0.436. The van der Waals surface area contributed by atoms with E-state index in [0.717, 1.165) is 18.5 Å². The second-order valence-corrected chi connectivity index (χ2v) is 4.27. The van der Waals surface area contributed by atoms with E-state index in [4.69, 9.17) is 9.47 Å². The molecule has 0 spiro atoms. The summed E-state index contributed by atoms with van der Waals surface area (Å²) in [6.45, 7) is 7.15. The topological polar surface area (TPSA) is 66.2 Å². The Kier molecular flexibility index (Phi) is 5.77. The number of esters is 1. The molecule has 0 unspecified atom stereocenters. The molecule has 0 amide bonds. The molecule has 0 aliphatic rings. The van der Waals surface area contributed by atoms with E-state index in [1.165, 1.54) is 7.11 Å². The zero-order valence-electron chi connectivity index (χ0n) is 11.5. The van der Waals surface area contributed by atoms with Gasteiger partial charge in [0.15, 0.2) is 5.69 Å². The Bertz CT molecular complexity index is 388. The first-order valence-corrected chi connectivity index (χ1v) is 6.22. The number of methoxy groups -OCH3 is 1. The zero-order chi connectivity index (χ0) is 13.5. The Morgan fingerprint density at radius 1 is 1.44 bits per heavy atom. The van der Waals surface area contributed by atoms with Crippen LogP contribution in [0.3, 0.4) is 0 Å². The smallest absolute Gasteiger partial charge is 0.360 e. The zero-order valence-corrected chi connectivity index (χ0v) is 11.5. The highest BCUT2D eigenvalue weighted by atomic mass is 16.5. The molecule has 0 bridgehead atoms. The van der Waals surface area contributed by atoms with Crippen molar-refractivity contribution in [2.45, 2.75) is 46.3 Å². The average molecular weight is 255 g/mol. The number of carbonyl (C=O) groups excluding carboxylic acids is 1. The summed E-state index contributed by atoms with van der Waals surface area (Å²) in [5.41, 5.74) is 1.13. The van der Waals surface area contributed by atoms with Crippen molar-refractivity contribution in [3.8, 4) is 0 Å². The summed E-state index contributed by atoms with van der Waals surface area (Å²) in [6, 6.07) is 0. The van der Waals surface area contributed by atoms with Crippen LogP contribution in [0.5, 0.6) is 0 Å². The van der Waals surface area contributed by atoms with Crippen molar-refractivity contribution in [3.05, 3.63) is 11.4 Å². The van der Waals surface area contributed by atoms with Crippen LogP contribution in [-0.2, 0) is 22.4 Å². The quantitative estimate of drug-likeness (QED) is 0.690. The Hall–Kier alpha value is -1.43. The molecule has 0 saturated heterocycles. The van der Waals surface area contributed by atoms with Crippen LogP contribution in [0.15, 0.2) is 0 Å². The van der Waals surface area contributed by atoms with Gasteiger partial charge in [-0.1, -0.05) is 18.6 Å². The highest BCUT2D eigenvalue weighted by Crippen LogP contribution is 2.10. The molecule has 0 atom stereocenters. The van der Waals surface area contributed by atoms with Gasteiger partial charge in [0.1, 0.15) is 0 Å². The van der Waals surface area contributed by atoms with Gasteiger partial charge < -0.3 is 9.47 Å². The predicted octanol–water partition coefficient (Wildman–Crippen LogP) is 1.44. The lowest BCUT2D eigenvalue weighted by Gasteiger charge is -2.09. The monoisotopic (exact) mass is 255 g/mol. The second kappa shape index (κ2) is 7.10. The molecule has 0 fully saturated rings. The number of hydrogen-bond donors (Lipinski definition) is 0. The van der Waals surface area contributed by atoms with Gasteiger partial charge in [-0.15, -0.1) is 5.10 Å². The van der Waals surface area contributed by atoms with E-state index in [1.807, 2.05) is 20.8 Å². The maximum atomic E-state index is 11.5. The van der Waals surface area contributed by atoms with Crippen LogP contribution in [0, 0.1) is 0 Å². The summed E-state index contributed by atoms with van der Waals surface area (Å²) < 4.78 is 11.9. The predicted molar refractivity (Wildman–Crippen MR) is 66.4 cm³/mol. The number of hydrogen-bond acceptors (Lipinski definition) is 5. The summed E-state index contributed by atoms with van der Waals surface area (Å²) >= 11 is 0. The third kappa shape index (κ3) is 3.80. The van der Waals surface area contributed by atoms with E-state index in [1.54, 1.807) is 4.68 Å². The van der Waals surface area contributed by atoms with Gasteiger partial charge in [0.2, 0.25) is 0 Å². The van der Waals surface area contributed by atoms with Crippen molar-refractivity contribution in [1.82, 2.24) is 15.0 Å². The number of rotatable bonds is 7. The largest absolute Gasteiger partial charge is 0.464 e. The molecule has 6 nitrogen and oxygen atoms in total. The molecule has 102 valence electrons. The number of ether oxygens (including phenoxy) is 2. The fourth-order valence-electron chi connectivity index (χ4n) is 1.63. The summed E-state index contributed by atoms with van der Waals surface area (Å²) in [5.74, 6) is -0.436. The molecule has 0 radical (unpaired) electrons. The maximum absolute atomic E-state index is 11.5. The van der Waals surface area contributed by atoms with Crippen LogP contribution in [0.25, 0.3) is 0 Å². The summed E-state index contributed by atoms with van der Waals surface area (Å²) in [7, 11) is 1.35. The third-order valence-electron chi connectivity index (χ3n) is 2.46.